The number of rotatable bonds is 3. The van der Waals surface area contributed by atoms with Crippen molar-refractivity contribution in [1.29, 1.82) is 0 Å². The molecule has 1 unspecified atom stereocenters. The minimum absolute atomic E-state index is 0.0148. The van der Waals surface area contributed by atoms with E-state index < -0.39 is 22.2 Å². The Kier molecular flexibility index (Phi) is 7.34. The summed E-state index contributed by atoms with van der Waals surface area (Å²) in [6.45, 7) is 3.23. The number of methoxy groups -OCH3 is 1. The number of carboxylic acid groups (broad SMARTS) is 1. The van der Waals surface area contributed by atoms with Gasteiger partial charge in [-0.1, -0.05) is 23.7 Å². The summed E-state index contributed by atoms with van der Waals surface area (Å²) in [7, 11) is -2.32. The number of hydrogen-bond donors (Lipinski definition) is 2. The van der Waals surface area contributed by atoms with E-state index in [4.69, 9.17) is 31.0 Å². The molecule has 1 aliphatic rings. The number of halogens is 4. The molecule has 184 valence electrons. The van der Waals surface area contributed by atoms with Crippen LogP contribution in [0.1, 0.15) is 18.5 Å². The second kappa shape index (κ2) is 9.72. The zero-order valence-electron chi connectivity index (χ0n) is 17.9. The summed E-state index contributed by atoms with van der Waals surface area (Å²) >= 11 is 6.15. The molecular formula is C21H20ClF3N2O6S. The van der Waals surface area contributed by atoms with Gasteiger partial charge in [-0.2, -0.15) is 13.2 Å². The number of aromatic nitrogens is 1. The van der Waals surface area contributed by atoms with Crippen LogP contribution in [0.5, 0.6) is 11.5 Å². The van der Waals surface area contributed by atoms with E-state index in [1.165, 1.54) is 10.0 Å². The highest BCUT2D eigenvalue weighted by Gasteiger charge is 2.38. The van der Waals surface area contributed by atoms with Crippen LogP contribution in [0, 0.1) is 0 Å². The van der Waals surface area contributed by atoms with Gasteiger partial charge in [0.15, 0.2) is 11.5 Å². The maximum Gasteiger partial charge on any atom is 0.490 e. The second-order valence-electron chi connectivity index (χ2n) is 7.13. The topological polar surface area (TPSA) is 107 Å². The number of ether oxygens (including phenoxy) is 2. The molecule has 3 aromatic rings. The Morgan fingerprint density at radius 2 is 1.94 bits per heavy atom. The normalized spacial score (nSPS) is 16.0. The number of carbonyl (C=O) groups is 1. The van der Waals surface area contributed by atoms with Crippen LogP contribution in [0.25, 0.3) is 10.9 Å². The Hall–Kier alpha value is -2.96. The summed E-state index contributed by atoms with van der Waals surface area (Å²) < 4.78 is 70.8. The molecule has 1 atom stereocenters. The smallest absolute Gasteiger partial charge is 0.490 e. The monoisotopic (exact) mass is 520 g/mol. The summed E-state index contributed by atoms with van der Waals surface area (Å²) in [5.74, 6) is -1.61. The van der Waals surface area contributed by atoms with Gasteiger partial charge in [-0.25, -0.2) is 17.2 Å². The van der Waals surface area contributed by atoms with Gasteiger partial charge in [0, 0.05) is 35.8 Å². The number of fused-ring (bicyclic) bond motifs is 3. The van der Waals surface area contributed by atoms with Crippen molar-refractivity contribution >= 4 is 38.5 Å². The van der Waals surface area contributed by atoms with E-state index in [2.05, 4.69) is 5.32 Å². The van der Waals surface area contributed by atoms with Gasteiger partial charge < -0.3 is 19.9 Å². The first-order valence-electron chi connectivity index (χ1n) is 9.78. The van der Waals surface area contributed by atoms with Crippen LogP contribution in [0.4, 0.5) is 13.2 Å². The van der Waals surface area contributed by atoms with Crippen molar-refractivity contribution < 1.29 is 41.0 Å². The molecule has 8 nitrogen and oxygen atoms in total. The fourth-order valence-corrected chi connectivity index (χ4v) is 5.31. The lowest BCUT2D eigenvalue weighted by molar-refractivity contribution is -0.192. The van der Waals surface area contributed by atoms with Gasteiger partial charge in [0.2, 0.25) is 0 Å². The van der Waals surface area contributed by atoms with Crippen LogP contribution in [-0.2, 0) is 14.8 Å². The number of alkyl halides is 3. The number of nitrogens with zero attached hydrogens (tertiary/aromatic N) is 1. The summed E-state index contributed by atoms with van der Waals surface area (Å²) in [5, 5.41) is 11.5. The molecule has 2 heterocycles. The summed E-state index contributed by atoms with van der Waals surface area (Å²) in [4.78, 5) is 8.95. The van der Waals surface area contributed by atoms with Gasteiger partial charge in [-0.15, -0.1) is 0 Å². The molecule has 1 aliphatic heterocycles. The van der Waals surface area contributed by atoms with Crippen molar-refractivity contribution in [2.75, 3.05) is 20.3 Å². The van der Waals surface area contributed by atoms with Gasteiger partial charge in [0.1, 0.15) is 11.5 Å². The summed E-state index contributed by atoms with van der Waals surface area (Å²) in [6, 6.07) is 9.87. The molecule has 0 saturated heterocycles. The van der Waals surface area contributed by atoms with Gasteiger partial charge in [-0.3, -0.25) is 0 Å². The van der Waals surface area contributed by atoms with E-state index in [1.807, 2.05) is 6.92 Å². The minimum Gasteiger partial charge on any atom is -0.493 e. The number of hydrogen-bond acceptors (Lipinski definition) is 6. The van der Waals surface area contributed by atoms with Crippen molar-refractivity contribution in [2.24, 2.45) is 0 Å². The highest BCUT2D eigenvalue weighted by Crippen LogP contribution is 2.43. The Morgan fingerprint density at radius 1 is 1.29 bits per heavy atom. The standard InChI is InChI=1S/C19H19ClN2O4S.C2HF3O2/c1-12-18-13-7-9-22(27(23,24)17-6-4-3-5-14(17)20)15(13)11-16(25-2)19(18)26-10-8-21-12;3-2(4,5)1(6)7/h3-7,9,11-12,21H,8,10H2,1-2H3;(H,6,7). The number of nitrogens with one attached hydrogen (secondary N) is 1. The largest absolute Gasteiger partial charge is 0.493 e. The van der Waals surface area contributed by atoms with Crippen LogP contribution in [0.2, 0.25) is 5.02 Å². The third-order valence-electron chi connectivity index (χ3n) is 4.98. The molecule has 0 amide bonds. The molecule has 0 fully saturated rings. The Bertz CT molecular complexity index is 1320. The van der Waals surface area contributed by atoms with Crippen LogP contribution in [0.15, 0.2) is 47.5 Å². The molecule has 0 radical (unpaired) electrons. The van der Waals surface area contributed by atoms with E-state index >= 15 is 0 Å². The zero-order chi connectivity index (χ0) is 25.3. The van der Waals surface area contributed by atoms with Crippen molar-refractivity contribution in [3.63, 3.8) is 0 Å². The third-order valence-corrected chi connectivity index (χ3v) is 7.17. The van der Waals surface area contributed by atoms with E-state index in [9.17, 15) is 21.6 Å². The van der Waals surface area contributed by atoms with Crippen molar-refractivity contribution in [2.45, 2.75) is 24.0 Å². The molecule has 4 rings (SSSR count). The lowest BCUT2D eigenvalue weighted by Gasteiger charge is -2.18. The highest BCUT2D eigenvalue weighted by molar-refractivity contribution is 7.90. The molecule has 0 saturated carbocycles. The first kappa shape index (κ1) is 25.7. The minimum atomic E-state index is -5.08. The van der Waals surface area contributed by atoms with Gasteiger partial charge in [-0.05, 0) is 25.1 Å². The third kappa shape index (κ3) is 4.93. The fraction of sp³-hybridized carbons (Fsp3) is 0.286. The predicted octanol–water partition coefficient (Wildman–Crippen LogP) is 4.22. The summed E-state index contributed by atoms with van der Waals surface area (Å²) in [5.41, 5.74) is 1.40. The van der Waals surface area contributed by atoms with E-state index in [1.54, 1.807) is 43.6 Å². The average molecular weight is 521 g/mol. The van der Waals surface area contributed by atoms with Crippen LogP contribution < -0.4 is 14.8 Å². The molecule has 13 heteroatoms. The van der Waals surface area contributed by atoms with E-state index in [0.29, 0.717) is 30.2 Å². The first-order chi connectivity index (χ1) is 15.9. The SMILES string of the molecule is COc1cc2c(ccn2S(=O)(=O)c2ccccc2Cl)c2c1OCCNC2C.O=C(O)C(F)(F)F. The zero-order valence-corrected chi connectivity index (χ0v) is 19.5. The van der Waals surface area contributed by atoms with Crippen LogP contribution >= 0.6 is 11.6 Å². The van der Waals surface area contributed by atoms with Crippen LogP contribution in [-0.4, -0.2) is 49.9 Å². The molecule has 0 aliphatic carbocycles. The molecule has 2 N–H and O–H groups in total. The van der Waals surface area contributed by atoms with E-state index in [-0.39, 0.29) is 16.0 Å². The van der Waals surface area contributed by atoms with Crippen LogP contribution in [0.3, 0.4) is 0 Å². The molecule has 0 spiro atoms. The predicted molar refractivity (Wildman–Crippen MR) is 118 cm³/mol. The highest BCUT2D eigenvalue weighted by atomic mass is 35.5. The number of carboxylic acids is 1. The molecule has 0 bridgehead atoms. The van der Waals surface area contributed by atoms with Crippen molar-refractivity contribution in [1.82, 2.24) is 9.29 Å². The molecule has 34 heavy (non-hydrogen) atoms. The van der Waals surface area contributed by atoms with Crippen molar-refractivity contribution in [3.8, 4) is 11.5 Å². The Morgan fingerprint density at radius 3 is 2.53 bits per heavy atom. The maximum atomic E-state index is 13.2. The molecule has 1 aromatic heterocycles. The Labute approximate surface area is 197 Å². The lowest BCUT2D eigenvalue weighted by Crippen LogP contribution is -2.21. The van der Waals surface area contributed by atoms with Crippen molar-refractivity contribution in [3.05, 3.63) is 53.2 Å². The van der Waals surface area contributed by atoms with E-state index in [0.717, 1.165) is 10.9 Å². The lowest BCUT2D eigenvalue weighted by atomic mass is 10.0. The number of benzene rings is 2. The first-order valence-corrected chi connectivity index (χ1v) is 11.6. The average Bonchev–Trinajstić information content (AvgIpc) is 3.10. The quantitative estimate of drug-likeness (QED) is 0.532. The summed E-state index contributed by atoms with van der Waals surface area (Å²) in [6.07, 6.45) is -3.54. The van der Waals surface area contributed by atoms with Gasteiger partial charge in [0.05, 0.1) is 17.6 Å². The van der Waals surface area contributed by atoms with Gasteiger partial charge >= 0.3 is 12.1 Å². The molecular weight excluding hydrogens is 501 g/mol. The Balaban J connectivity index is 0.000000406. The fourth-order valence-electron chi connectivity index (χ4n) is 3.47. The van der Waals surface area contributed by atoms with Gasteiger partial charge in [0.25, 0.3) is 10.0 Å². The number of aliphatic carboxylic acids is 1. The molecule has 2 aromatic carbocycles. The second-order valence-corrected chi connectivity index (χ2v) is 9.32. The maximum absolute atomic E-state index is 13.2.